The first-order chi connectivity index (χ1) is 12.9. The number of carbonyl (C=O) groups is 1. The number of aliphatic hydroxyl groups is 1. The fourth-order valence-electron chi connectivity index (χ4n) is 3.56. The van der Waals surface area contributed by atoms with Crippen LogP contribution in [0.1, 0.15) is 23.5 Å². The highest BCUT2D eigenvalue weighted by atomic mass is 35.5. The zero-order valence-corrected chi connectivity index (χ0v) is 15.6. The number of fused-ring (bicyclic) bond motifs is 1. The smallest absolute Gasteiger partial charge is 0.231 e. The Morgan fingerprint density at radius 2 is 2.04 bits per heavy atom. The van der Waals surface area contributed by atoms with E-state index in [9.17, 15) is 19.6 Å². The van der Waals surface area contributed by atoms with Crippen molar-refractivity contribution in [3.63, 3.8) is 0 Å². The lowest BCUT2D eigenvalue weighted by molar-refractivity contribution is -0.149. The molecule has 2 heterocycles. The normalized spacial score (nSPS) is 24.7. The van der Waals surface area contributed by atoms with Crippen molar-refractivity contribution in [2.24, 2.45) is 0 Å². The molecule has 1 saturated heterocycles. The van der Waals surface area contributed by atoms with Gasteiger partial charge in [-0.2, -0.15) is 5.26 Å². The Morgan fingerprint density at radius 1 is 1.30 bits per heavy atom. The average molecular weight is 401 g/mol. The summed E-state index contributed by atoms with van der Waals surface area (Å²) < 4.78 is 13.6. The van der Waals surface area contributed by atoms with Crippen LogP contribution < -0.4 is 0 Å². The molecule has 0 unspecified atom stereocenters. The highest BCUT2D eigenvalue weighted by Crippen LogP contribution is 2.51. The molecule has 2 aromatic carbocycles. The first-order valence-corrected chi connectivity index (χ1v) is 9.64. The van der Waals surface area contributed by atoms with Crippen LogP contribution in [0.5, 0.6) is 0 Å². The third-order valence-corrected chi connectivity index (χ3v) is 6.34. The van der Waals surface area contributed by atoms with Gasteiger partial charge >= 0.3 is 0 Å². The van der Waals surface area contributed by atoms with Gasteiger partial charge < -0.3 is 5.11 Å². The van der Waals surface area contributed by atoms with Crippen LogP contribution >= 0.6 is 23.4 Å². The van der Waals surface area contributed by atoms with Crippen LogP contribution in [0.4, 0.5) is 4.39 Å². The van der Waals surface area contributed by atoms with Crippen LogP contribution in [0.2, 0.25) is 5.02 Å². The largest absolute Gasteiger partial charge is 0.366 e. The zero-order valence-electron chi connectivity index (χ0n) is 14.0. The standard InChI is InChI=1S/C20H14ClFN2O2S/c21-14-6-4-13(5-7-14)20(26)11-27-19-17(10-23)16(9-18(25)24(19)20)12-2-1-3-15(22)8-12/h1-8,16,26H,9,11H2/t16-,20+/m0/s1. The van der Waals surface area contributed by atoms with Crippen LogP contribution in [0.15, 0.2) is 59.1 Å². The third-order valence-electron chi connectivity index (χ3n) is 4.87. The van der Waals surface area contributed by atoms with Gasteiger partial charge in [-0.15, -0.1) is 11.8 Å². The zero-order chi connectivity index (χ0) is 19.2. The van der Waals surface area contributed by atoms with Crippen molar-refractivity contribution in [2.45, 2.75) is 18.1 Å². The maximum absolute atomic E-state index is 13.6. The summed E-state index contributed by atoms with van der Waals surface area (Å²) in [6.07, 6.45) is -0.00763. The van der Waals surface area contributed by atoms with Crippen LogP contribution in [-0.2, 0) is 10.5 Å². The minimum absolute atomic E-state index is 0.00763. The number of halogens is 2. The molecule has 7 heteroatoms. The maximum Gasteiger partial charge on any atom is 0.231 e. The van der Waals surface area contributed by atoms with E-state index < -0.39 is 17.5 Å². The molecule has 0 aromatic heterocycles. The summed E-state index contributed by atoms with van der Waals surface area (Å²) in [5.41, 5.74) is -0.0645. The van der Waals surface area contributed by atoms with Gasteiger partial charge in [-0.05, 0) is 29.8 Å². The molecule has 2 atom stereocenters. The quantitative estimate of drug-likeness (QED) is 0.823. The molecule has 2 aliphatic heterocycles. The first-order valence-electron chi connectivity index (χ1n) is 8.28. The average Bonchev–Trinajstić information content (AvgIpc) is 3.01. The molecule has 1 N–H and O–H groups in total. The molecular weight excluding hydrogens is 387 g/mol. The fourth-order valence-corrected chi connectivity index (χ4v) is 5.05. The number of hydrogen-bond donors (Lipinski definition) is 1. The second-order valence-corrected chi connectivity index (χ2v) is 7.88. The lowest BCUT2D eigenvalue weighted by Crippen LogP contribution is -2.48. The Labute approximate surface area is 164 Å². The molecule has 1 fully saturated rings. The summed E-state index contributed by atoms with van der Waals surface area (Å²) in [5, 5.41) is 22.0. The van der Waals surface area contributed by atoms with Gasteiger partial charge in [-0.3, -0.25) is 9.69 Å². The van der Waals surface area contributed by atoms with E-state index in [0.29, 0.717) is 26.8 Å². The molecule has 0 aliphatic carbocycles. The lowest BCUT2D eigenvalue weighted by atomic mass is 9.85. The van der Waals surface area contributed by atoms with Gasteiger partial charge in [0.1, 0.15) is 5.82 Å². The van der Waals surface area contributed by atoms with Gasteiger partial charge in [-0.1, -0.05) is 35.9 Å². The number of nitriles is 1. The number of thioether (sulfide) groups is 1. The van der Waals surface area contributed by atoms with E-state index >= 15 is 0 Å². The number of amides is 1. The summed E-state index contributed by atoms with van der Waals surface area (Å²) in [7, 11) is 0. The van der Waals surface area contributed by atoms with Crippen molar-refractivity contribution < 1.29 is 14.3 Å². The number of benzene rings is 2. The minimum atomic E-state index is -1.54. The molecule has 0 saturated carbocycles. The molecule has 0 radical (unpaired) electrons. The summed E-state index contributed by atoms with van der Waals surface area (Å²) in [6.45, 7) is 0. The van der Waals surface area contributed by atoms with Gasteiger partial charge in [-0.25, -0.2) is 4.39 Å². The van der Waals surface area contributed by atoms with E-state index in [-0.39, 0.29) is 18.1 Å². The van der Waals surface area contributed by atoms with E-state index in [1.807, 2.05) is 0 Å². The second kappa shape index (κ2) is 6.68. The Bertz CT molecular complexity index is 1000. The molecule has 136 valence electrons. The van der Waals surface area contributed by atoms with Crippen molar-refractivity contribution in [3.05, 3.63) is 81.1 Å². The number of allylic oxidation sites excluding steroid dienone is 1. The van der Waals surface area contributed by atoms with Crippen molar-refractivity contribution in [2.75, 3.05) is 5.75 Å². The highest BCUT2D eigenvalue weighted by molar-refractivity contribution is 8.03. The van der Waals surface area contributed by atoms with Crippen LogP contribution in [0.25, 0.3) is 0 Å². The third kappa shape index (κ3) is 2.92. The molecule has 1 amide bonds. The second-order valence-electron chi connectivity index (χ2n) is 6.48. The van der Waals surface area contributed by atoms with Crippen molar-refractivity contribution in [1.29, 1.82) is 5.26 Å². The number of hydrogen-bond acceptors (Lipinski definition) is 4. The minimum Gasteiger partial charge on any atom is -0.366 e. The summed E-state index contributed by atoms with van der Waals surface area (Å²) in [6, 6.07) is 14.7. The van der Waals surface area contributed by atoms with Crippen molar-refractivity contribution in [1.82, 2.24) is 4.90 Å². The van der Waals surface area contributed by atoms with Crippen molar-refractivity contribution in [3.8, 4) is 6.07 Å². The predicted molar refractivity (Wildman–Crippen MR) is 101 cm³/mol. The monoisotopic (exact) mass is 400 g/mol. The van der Waals surface area contributed by atoms with E-state index in [1.54, 1.807) is 36.4 Å². The van der Waals surface area contributed by atoms with E-state index in [1.165, 1.54) is 28.8 Å². The predicted octanol–water partition coefficient (Wildman–Crippen LogP) is 4.12. The summed E-state index contributed by atoms with van der Waals surface area (Å²) in [4.78, 5) is 14.3. The topological polar surface area (TPSA) is 64.3 Å². The van der Waals surface area contributed by atoms with Gasteiger partial charge in [0.2, 0.25) is 5.91 Å². The molecule has 4 nitrogen and oxygen atoms in total. The SMILES string of the molecule is N#CC1=C2SC[C@@](O)(c3ccc(Cl)cc3)N2C(=O)C[C@H]1c1cccc(F)c1. The number of carbonyl (C=O) groups excluding carboxylic acids is 1. The Hall–Kier alpha value is -2.33. The molecule has 2 aliphatic rings. The highest BCUT2D eigenvalue weighted by Gasteiger charge is 2.51. The van der Waals surface area contributed by atoms with E-state index in [2.05, 4.69) is 6.07 Å². The molecule has 2 aromatic rings. The van der Waals surface area contributed by atoms with Gasteiger partial charge in [0, 0.05) is 22.9 Å². The van der Waals surface area contributed by atoms with Crippen LogP contribution in [0, 0.1) is 17.1 Å². The lowest BCUT2D eigenvalue weighted by Gasteiger charge is -2.38. The van der Waals surface area contributed by atoms with E-state index in [4.69, 9.17) is 11.6 Å². The Morgan fingerprint density at radius 3 is 2.70 bits per heavy atom. The number of nitrogens with zero attached hydrogens (tertiary/aromatic N) is 2. The van der Waals surface area contributed by atoms with E-state index in [0.717, 1.165) is 0 Å². The molecule has 0 bridgehead atoms. The Kier molecular flexibility index (Phi) is 4.47. The Balaban J connectivity index is 1.81. The molecule has 27 heavy (non-hydrogen) atoms. The van der Waals surface area contributed by atoms with Crippen LogP contribution in [0.3, 0.4) is 0 Å². The maximum atomic E-state index is 13.6. The molecule has 4 rings (SSSR count). The van der Waals surface area contributed by atoms with Crippen LogP contribution in [-0.4, -0.2) is 21.7 Å². The summed E-state index contributed by atoms with van der Waals surface area (Å²) >= 11 is 7.18. The van der Waals surface area contributed by atoms with Gasteiger partial charge in [0.05, 0.1) is 22.4 Å². The van der Waals surface area contributed by atoms with Gasteiger partial charge in [0.25, 0.3) is 0 Å². The molecule has 0 spiro atoms. The van der Waals surface area contributed by atoms with Crippen molar-refractivity contribution >= 4 is 29.3 Å². The summed E-state index contributed by atoms with van der Waals surface area (Å²) in [5.74, 6) is -1.04. The number of rotatable bonds is 2. The first kappa shape index (κ1) is 18.1. The molecular formula is C20H14ClFN2O2S. The van der Waals surface area contributed by atoms with Gasteiger partial charge in [0.15, 0.2) is 5.72 Å². The fraction of sp³-hybridized carbons (Fsp3) is 0.200.